The van der Waals surface area contributed by atoms with Gasteiger partial charge >= 0.3 is 6.61 Å². The summed E-state index contributed by atoms with van der Waals surface area (Å²) >= 11 is 6.11. The monoisotopic (exact) mass is 354 g/mol. The maximum atomic E-state index is 12.1. The molecule has 0 heterocycles. The van der Waals surface area contributed by atoms with Gasteiger partial charge in [0.05, 0.1) is 6.54 Å². The summed E-state index contributed by atoms with van der Waals surface area (Å²) in [6.07, 6.45) is 0. The van der Waals surface area contributed by atoms with E-state index in [0.29, 0.717) is 10.7 Å². The lowest BCUT2D eigenvalue weighted by atomic mass is 10.1. The van der Waals surface area contributed by atoms with Crippen molar-refractivity contribution in [1.82, 2.24) is 5.32 Å². The molecule has 1 atom stereocenters. The molecule has 0 spiro atoms. The number of carbonyl (C=O) groups excluding carboxylic acids is 1. The lowest BCUT2D eigenvalue weighted by Crippen LogP contribution is -2.30. The number of hydrogen-bond acceptors (Lipinski definition) is 3. The zero-order chi connectivity index (χ0) is 17.5. The number of benzene rings is 2. The van der Waals surface area contributed by atoms with Gasteiger partial charge in [-0.2, -0.15) is 8.78 Å². The summed E-state index contributed by atoms with van der Waals surface area (Å²) in [4.78, 5) is 11.9. The first-order chi connectivity index (χ1) is 11.5. The van der Waals surface area contributed by atoms with Gasteiger partial charge in [-0.25, -0.2) is 0 Å². The van der Waals surface area contributed by atoms with Crippen LogP contribution in [0.2, 0.25) is 5.02 Å². The van der Waals surface area contributed by atoms with Crippen LogP contribution < -0.4 is 15.4 Å². The molecule has 0 unspecified atom stereocenters. The summed E-state index contributed by atoms with van der Waals surface area (Å²) in [6.45, 7) is -0.881. The van der Waals surface area contributed by atoms with Crippen molar-refractivity contribution in [2.75, 3.05) is 11.9 Å². The Morgan fingerprint density at radius 3 is 2.46 bits per heavy atom. The van der Waals surface area contributed by atoms with Crippen LogP contribution in [-0.4, -0.2) is 19.1 Å². The number of amides is 1. The van der Waals surface area contributed by atoms with E-state index in [-0.39, 0.29) is 24.2 Å². The number of hydrogen-bond donors (Lipinski definition) is 2. The minimum atomic E-state index is -2.87. The zero-order valence-corrected chi connectivity index (χ0v) is 13.7. The first-order valence-corrected chi connectivity index (χ1v) is 7.66. The topological polar surface area (TPSA) is 50.4 Å². The maximum absolute atomic E-state index is 12.1. The minimum Gasteiger partial charge on any atom is -0.435 e. The van der Waals surface area contributed by atoms with Crippen molar-refractivity contribution in [3.8, 4) is 5.75 Å². The van der Waals surface area contributed by atoms with Crippen LogP contribution in [0.25, 0.3) is 0 Å². The number of carbonyl (C=O) groups is 1. The maximum Gasteiger partial charge on any atom is 0.387 e. The fraction of sp³-hybridized carbons (Fsp3) is 0.235. The predicted octanol–water partition coefficient (Wildman–Crippen LogP) is 4.23. The average Bonchev–Trinajstić information content (AvgIpc) is 2.54. The number of halogens is 3. The van der Waals surface area contributed by atoms with Crippen LogP contribution in [0.1, 0.15) is 18.5 Å². The fourth-order valence-electron chi connectivity index (χ4n) is 2.11. The molecule has 4 nitrogen and oxygen atoms in total. The van der Waals surface area contributed by atoms with Gasteiger partial charge in [-0.15, -0.1) is 0 Å². The van der Waals surface area contributed by atoms with E-state index in [4.69, 9.17) is 11.6 Å². The predicted molar refractivity (Wildman–Crippen MR) is 89.6 cm³/mol. The molecule has 2 N–H and O–H groups in total. The SMILES string of the molecule is C[C@H](NCC(=O)Nc1ccc(OC(F)F)cc1)c1ccccc1Cl. The standard InChI is InChI=1S/C17H17ClF2N2O2/c1-11(14-4-2-3-5-15(14)18)21-10-16(23)22-12-6-8-13(9-7-12)24-17(19)20/h2-9,11,17,21H,10H2,1H3,(H,22,23)/t11-/m0/s1. The molecule has 2 rings (SSSR count). The van der Waals surface area contributed by atoms with Crippen LogP contribution in [0, 0.1) is 0 Å². The third kappa shape index (κ3) is 5.47. The molecule has 0 saturated heterocycles. The molecule has 0 aliphatic heterocycles. The van der Waals surface area contributed by atoms with Crippen molar-refractivity contribution >= 4 is 23.2 Å². The van der Waals surface area contributed by atoms with E-state index in [1.54, 1.807) is 6.07 Å². The molecule has 2 aromatic rings. The highest BCUT2D eigenvalue weighted by molar-refractivity contribution is 6.31. The van der Waals surface area contributed by atoms with Gasteiger partial charge in [-0.3, -0.25) is 4.79 Å². The number of alkyl halides is 2. The molecular formula is C17H17ClF2N2O2. The number of ether oxygens (including phenoxy) is 1. The zero-order valence-electron chi connectivity index (χ0n) is 12.9. The summed E-state index contributed by atoms with van der Waals surface area (Å²) in [5.41, 5.74) is 1.40. The highest BCUT2D eigenvalue weighted by Gasteiger charge is 2.11. The Bertz CT molecular complexity index is 681. The molecule has 0 radical (unpaired) electrons. The van der Waals surface area contributed by atoms with Crippen LogP contribution in [0.15, 0.2) is 48.5 Å². The van der Waals surface area contributed by atoms with Crippen molar-refractivity contribution in [2.24, 2.45) is 0 Å². The van der Waals surface area contributed by atoms with Crippen LogP contribution >= 0.6 is 11.6 Å². The number of anilines is 1. The first-order valence-electron chi connectivity index (χ1n) is 7.28. The molecule has 24 heavy (non-hydrogen) atoms. The third-order valence-electron chi connectivity index (χ3n) is 3.30. The Morgan fingerprint density at radius 1 is 1.17 bits per heavy atom. The Hall–Kier alpha value is -2.18. The molecular weight excluding hydrogens is 338 g/mol. The smallest absolute Gasteiger partial charge is 0.387 e. The highest BCUT2D eigenvalue weighted by Crippen LogP contribution is 2.22. The van der Waals surface area contributed by atoms with Gasteiger partial charge in [-0.05, 0) is 42.8 Å². The van der Waals surface area contributed by atoms with Crippen molar-refractivity contribution in [1.29, 1.82) is 0 Å². The fourth-order valence-corrected chi connectivity index (χ4v) is 2.41. The molecule has 2 aromatic carbocycles. The molecule has 0 aliphatic carbocycles. The van der Waals surface area contributed by atoms with E-state index in [1.807, 2.05) is 25.1 Å². The summed E-state index contributed by atoms with van der Waals surface area (Å²) < 4.78 is 28.4. The van der Waals surface area contributed by atoms with E-state index < -0.39 is 6.61 Å². The van der Waals surface area contributed by atoms with E-state index in [2.05, 4.69) is 15.4 Å². The number of rotatable bonds is 7. The van der Waals surface area contributed by atoms with Gasteiger partial charge in [0.25, 0.3) is 0 Å². The van der Waals surface area contributed by atoms with Gasteiger partial charge in [-0.1, -0.05) is 29.8 Å². The van der Waals surface area contributed by atoms with E-state index in [1.165, 1.54) is 24.3 Å². The summed E-state index contributed by atoms with van der Waals surface area (Å²) in [5.74, 6) is -0.218. The molecule has 0 aliphatic rings. The second kappa shape index (κ2) is 8.61. The lowest BCUT2D eigenvalue weighted by molar-refractivity contribution is -0.115. The molecule has 0 saturated carbocycles. The van der Waals surface area contributed by atoms with Crippen LogP contribution in [0.4, 0.5) is 14.5 Å². The van der Waals surface area contributed by atoms with Gasteiger partial charge in [0.2, 0.25) is 5.91 Å². The largest absolute Gasteiger partial charge is 0.435 e. The molecule has 0 aromatic heterocycles. The molecule has 7 heteroatoms. The lowest BCUT2D eigenvalue weighted by Gasteiger charge is -2.15. The van der Waals surface area contributed by atoms with Crippen molar-refractivity contribution in [3.05, 3.63) is 59.1 Å². The Kier molecular flexibility index (Phi) is 6.52. The summed E-state index contributed by atoms with van der Waals surface area (Å²) in [7, 11) is 0. The minimum absolute atomic E-state index is 0.0356. The molecule has 1 amide bonds. The second-order valence-corrected chi connectivity index (χ2v) is 5.48. The van der Waals surface area contributed by atoms with Gasteiger partial charge in [0.15, 0.2) is 0 Å². The molecule has 128 valence electrons. The van der Waals surface area contributed by atoms with Gasteiger partial charge < -0.3 is 15.4 Å². The van der Waals surface area contributed by atoms with Crippen LogP contribution in [0.3, 0.4) is 0 Å². The average molecular weight is 355 g/mol. The Balaban J connectivity index is 1.84. The first kappa shape index (κ1) is 18.2. The van der Waals surface area contributed by atoms with Gasteiger partial charge in [0, 0.05) is 16.8 Å². The third-order valence-corrected chi connectivity index (χ3v) is 3.65. The molecule has 0 bridgehead atoms. The number of nitrogens with one attached hydrogen (secondary N) is 2. The summed E-state index contributed by atoms with van der Waals surface area (Å²) in [5, 5.41) is 6.38. The molecule has 0 fully saturated rings. The van der Waals surface area contributed by atoms with Crippen molar-refractivity contribution in [3.63, 3.8) is 0 Å². The van der Waals surface area contributed by atoms with Crippen LogP contribution in [0.5, 0.6) is 5.75 Å². The normalized spacial score (nSPS) is 12.0. The van der Waals surface area contributed by atoms with E-state index in [0.717, 1.165) is 5.56 Å². The van der Waals surface area contributed by atoms with Gasteiger partial charge in [0.1, 0.15) is 5.75 Å². The van der Waals surface area contributed by atoms with Crippen molar-refractivity contribution < 1.29 is 18.3 Å². The highest BCUT2D eigenvalue weighted by atomic mass is 35.5. The quantitative estimate of drug-likeness (QED) is 0.782. The van der Waals surface area contributed by atoms with Crippen molar-refractivity contribution in [2.45, 2.75) is 19.6 Å². The van der Waals surface area contributed by atoms with E-state index in [9.17, 15) is 13.6 Å². The Labute approximate surface area is 143 Å². The Morgan fingerprint density at radius 2 is 1.83 bits per heavy atom. The van der Waals surface area contributed by atoms with E-state index >= 15 is 0 Å². The summed E-state index contributed by atoms with van der Waals surface area (Å²) in [6, 6.07) is 13.0. The van der Waals surface area contributed by atoms with Crippen LogP contribution in [-0.2, 0) is 4.79 Å². The second-order valence-electron chi connectivity index (χ2n) is 5.08.